The van der Waals surface area contributed by atoms with Crippen LogP contribution in [0.15, 0.2) is 48.5 Å². The second-order valence-electron chi connectivity index (χ2n) is 4.74. The van der Waals surface area contributed by atoms with Crippen LogP contribution in [0.3, 0.4) is 0 Å². The minimum atomic E-state index is 0.168. The SMILES string of the molecule is O=Cc1ccc(C2C=Cc3ccc(Cl)cc3OC2)cc1. The lowest BCUT2D eigenvalue weighted by atomic mass is 9.98. The summed E-state index contributed by atoms with van der Waals surface area (Å²) in [6, 6.07) is 13.2. The van der Waals surface area contributed by atoms with E-state index in [0.717, 1.165) is 23.2 Å². The molecule has 1 atom stereocenters. The van der Waals surface area contributed by atoms with Gasteiger partial charge in [-0.1, -0.05) is 48.0 Å². The molecule has 0 aliphatic carbocycles. The summed E-state index contributed by atoms with van der Waals surface area (Å²) >= 11 is 5.98. The minimum Gasteiger partial charge on any atom is -0.492 e. The van der Waals surface area contributed by atoms with Crippen molar-refractivity contribution < 1.29 is 9.53 Å². The first-order chi connectivity index (χ1) is 9.76. The van der Waals surface area contributed by atoms with Gasteiger partial charge in [0.15, 0.2) is 0 Å². The number of carbonyl (C=O) groups is 1. The molecule has 20 heavy (non-hydrogen) atoms. The van der Waals surface area contributed by atoms with E-state index in [1.54, 1.807) is 0 Å². The van der Waals surface area contributed by atoms with E-state index in [4.69, 9.17) is 16.3 Å². The molecule has 0 bridgehead atoms. The number of ether oxygens (including phenoxy) is 1. The van der Waals surface area contributed by atoms with E-state index in [1.165, 1.54) is 0 Å². The first kappa shape index (κ1) is 12.9. The summed E-state index contributed by atoms with van der Waals surface area (Å²) in [5, 5.41) is 0.672. The molecule has 2 aromatic rings. The number of rotatable bonds is 2. The average Bonchev–Trinajstić information content (AvgIpc) is 2.69. The van der Waals surface area contributed by atoms with Crippen molar-refractivity contribution in [2.45, 2.75) is 5.92 Å². The topological polar surface area (TPSA) is 26.3 Å². The summed E-state index contributed by atoms with van der Waals surface area (Å²) in [5.74, 6) is 0.975. The van der Waals surface area contributed by atoms with Crippen molar-refractivity contribution in [2.24, 2.45) is 0 Å². The van der Waals surface area contributed by atoms with Gasteiger partial charge in [-0.15, -0.1) is 0 Å². The highest BCUT2D eigenvalue weighted by molar-refractivity contribution is 6.30. The summed E-state index contributed by atoms with van der Waals surface area (Å²) in [7, 11) is 0. The van der Waals surface area contributed by atoms with E-state index in [2.05, 4.69) is 12.2 Å². The standard InChI is InChI=1S/C17H13ClO2/c18-16-8-7-14-5-6-15(11-20-17(14)9-16)13-3-1-12(10-19)2-4-13/h1-10,15H,11H2. The molecule has 2 aromatic carbocycles. The summed E-state index contributed by atoms with van der Waals surface area (Å²) in [6.45, 7) is 0.560. The molecule has 0 amide bonds. The zero-order valence-electron chi connectivity index (χ0n) is 10.8. The number of hydrogen-bond donors (Lipinski definition) is 0. The highest BCUT2D eigenvalue weighted by atomic mass is 35.5. The van der Waals surface area contributed by atoms with Gasteiger partial charge in [0.1, 0.15) is 12.0 Å². The van der Waals surface area contributed by atoms with Crippen molar-refractivity contribution in [3.8, 4) is 5.75 Å². The third-order valence-corrected chi connectivity index (χ3v) is 3.64. The second kappa shape index (κ2) is 5.51. The zero-order chi connectivity index (χ0) is 13.9. The van der Waals surface area contributed by atoms with Crippen LogP contribution in [0.5, 0.6) is 5.75 Å². The van der Waals surface area contributed by atoms with Gasteiger partial charge in [0.25, 0.3) is 0 Å². The molecule has 1 heterocycles. The first-order valence-electron chi connectivity index (χ1n) is 6.42. The highest BCUT2D eigenvalue weighted by Gasteiger charge is 2.14. The normalized spacial score (nSPS) is 16.9. The molecule has 0 spiro atoms. The maximum absolute atomic E-state index is 10.7. The second-order valence-corrected chi connectivity index (χ2v) is 5.18. The van der Waals surface area contributed by atoms with Crippen molar-refractivity contribution in [1.82, 2.24) is 0 Å². The highest BCUT2D eigenvalue weighted by Crippen LogP contribution is 2.30. The van der Waals surface area contributed by atoms with Crippen LogP contribution in [0.1, 0.15) is 27.4 Å². The molecule has 3 rings (SSSR count). The molecule has 0 fully saturated rings. The molecule has 100 valence electrons. The maximum Gasteiger partial charge on any atom is 0.150 e. The Kier molecular flexibility index (Phi) is 3.57. The van der Waals surface area contributed by atoms with Crippen LogP contribution in [0.4, 0.5) is 0 Å². The zero-order valence-corrected chi connectivity index (χ0v) is 11.5. The van der Waals surface area contributed by atoms with Crippen LogP contribution in [0.2, 0.25) is 5.02 Å². The van der Waals surface area contributed by atoms with Crippen LogP contribution in [0.25, 0.3) is 6.08 Å². The fourth-order valence-corrected chi connectivity index (χ4v) is 2.42. The van der Waals surface area contributed by atoms with E-state index in [9.17, 15) is 4.79 Å². The van der Waals surface area contributed by atoms with E-state index in [-0.39, 0.29) is 5.92 Å². The third kappa shape index (κ3) is 2.61. The molecule has 3 heteroatoms. The van der Waals surface area contributed by atoms with E-state index >= 15 is 0 Å². The lowest BCUT2D eigenvalue weighted by molar-refractivity contribution is 0.112. The van der Waals surface area contributed by atoms with Gasteiger partial charge in [-0.25, -0.2) is 0 Å². The Labute approximate surface area is 122 Å². The summed E-state index contributed by atoms with van der Waals surface area (Å²) in [6.07, 6.45) is 5.02. The van der Waals surface area contributed by atoms with Crippen LogP contribution in [-0.4, -0.2) is 12.9 Å². The van der Waals surface area contributed by atoms with Crippen LogP contribution in [0, 0.1) is 0 Å². The number of carbonyl (C=O) groups excluding carboxylic acids is 1. The van der Waals surface area contributed by atoms with Gasteiger partial charge in [0, 0.05) is 22.1 Å². The lowest BCUT2D eigenvalue weighted by Gasteiger charge is -2.13. The van der Waals surface area contributed by atoms with Gasteiger partial charge in [-0.3, -0.25) is 4.79 Å². The van der Waals surface area contributed by atoms with Crippen molar-refractivity contribution in [1.29, 1.82) is 0 Å². The minimum absolute atomic E-state index is 0.168. The molecule has 0 saturated heterocycles. The molecule has 0 radical (unpaired) electrons. The fourth-order valence-electron chi connectivity index (χ4n) is 2.25. The van der Waals surface area contributed by atoms with Gasteiger partial charge in [-0.05, 0) is 23.8 Å². The Morgan fingerprint density at radius 3 is 2.70 bits per heavy atom. The van der Waals surface area contributed by atoms with Gasteiger partial charge in [0.2, 0.25) is 0 Å². The third-order valence-electron chi connectivity index (χ3n) is 3.40. The molecule has 0 saturated carbocycles. The van der Waals surface area contributed by atoms with E-state index < -0.39 is 0 Å². The summed E-state index contributed by atoms with van der Waals surface area (Å²) in [5.41, 5.74) is 2.84. The molecule has 1 aliphatic heterocycles. The number of hydrogen-bond acceptors (Lipinski definition) is 2. The van der Waals surface area contributed by atoms with Gasteiger partial charge >= 0.3 is 0 Å². The van der Waals surface area contributed by atoms with Gasteiger partial charge in [-0.2, -0.15) is 0 Å². The molecule has 2 nitrogen and oxygen atoms in total. The van der Waals surface area contributed by atoms with Gasteiger partial charge < -0.3 is 4.74 Å². The Morgan fingerprint density at radius 2 is 1.95 bits per heavy atom. The number of aldehydes is 1. The smallest absolute Gasteiger partial charge is 0.150 e. The molecule has 0 N–H and O–H groups in total. The fraction of sp³-hybridized carbons (Fsp3) is 0.118. The molecule has 1 unspecified atom stereocenters. The van der Waals surface area contributed by atoms with E-state index in [0.29, 0.717) is 17.2 Å². The molecular weight excluding hydrogens is 272 g/mol. The monoisotopic (exact) mass is 284 g/mol. The van der Waals surface area contributed by atoms with Crippen LogP contribution in [-0.2, 0) is 0 Å². The molecule has 0 aromatic heterocycles. The van der Waals surface area contributed by atoms with Crippen molar-refractivity contribution >= 4 is 24.0 Å². The Bertz CT molecular complexity index is 659. The number of halogens is 1. The van der Waals surface area contributed by atoms with Crippen molar-refractivity contribution in [3.05, 3.63) is 70.3 Å². The summed E-state index contributed by atoms with van der Waals surface area (Å²) in [4.78, 5) is 10.7. The predicted molar refractivity (Wildman–Crippen MR) is 80.6 cm³/mol. The quantitative estimate of drug-likeness (QED) is 0.767. The lowest BCUT2D eigenvalue weighted by Crippen LogP contribution is -2.07. The Hall–Kier alpha value is -2.06. The van der Waals surface area contributed by atoms with Gasteiger partial charge in [0.05, 0.1) is 6.61 Å². The maximum atomic E-state index is 10.7. The largest absolute Gasteiger partial charge is 0.492 e. The average molecular weight is 285 g/mol. The van der Waals surface area contributed by atoms with Crippen LogP contribution < -0.4 is 4.74 Å². The van der Waals surface area contributed by atoms with Crippen molar-refractivity contribution in [3.63, 3.8) is 0 Å². The summed E-state index contributed by atoms with van der Waals surface area (Å²) < 4.78 is 5.84. The van der Waals surface area contributed by atoms with Crippen molar-refractivity contribution in [2.75, 3.05) is 6.61 Å². The molecule has 1 aliphatic rings. The molecular formula is C17H13ClO2. The number of fused-ring (bicyclic) bond motifs is 1. The Balaban J connectivity index is 1.86. The van der Waals surface area contributed by atoms with E-state index in [1.807, 2.05) is 42.5 Å². The first-order valence-corrected chi connectivity index (χ1v) is 6.80. The Morgan fingerprint density at radius 1 is 1.15 bits per heavy atom. The number of benzene rings is 2. The predicted octanol–water partition coefficient (Wildman–Crippen LogP) is 4.34. The van der Waals surface area contributed by atoms with Crippen LogP contribution >= 0.6 is 11.6 Å².